The van der Waals surface area contributed by atoms with Crippen molar-refractivity contribution in [3.05, 3.63) is 41.5 Å². The Balaban J connectivity index is 0.00000220. The summed E-state index contributed by atoms with van der Waals surface area (Å²) < 4.78 is 32.7. The van der Waals surface area contributed by atoms with Crippen molar-refractivity contribution < 1.29 is 44.0 Å². The molecule has 2 rings (SSSR count). The molecule has 3 nitrogen and oxygen atoms in total. The van der Waals surface area contributed by atoms with Gasteiger partial charge in [0.05, 0.1) is 0 Å². The zero-order chi connectivity index (χ0) is 14.9. The van der Waals surface area contributed by atoms with E-state index >= 15 is 0 Å². The summed E-state index contributed by atoms with van der Waals surface area (Å²) in [5.41, 5.74) is 3.55. The average molecular weight is 316 g/mol. The molecule has 0 aliphatic heterocycles. The summed E-state index contributed by atoms with van der Waals surface area (Å²) in [4.78, 5) is 0.0223. The standard InChI is InChI=1S/C16H20O3S.Na.H/c1-4-6-13-10-16(20(17,18)19)15-9-12(11(2)3)7-5-8-14(13)15;;/h5,7-11H,4,6H2,1-3H3,(H,17,18,19);;/q;+1;-1. The molecule has 0 fully saturated rings. The van der Waals surface area contributed by atoms with E-state index in [4.69, 9.17) is 0 Å². The van der Waals surface area contributed by atoms with Crippen LogP contribution in [0.1, 0.15) is 45.7 Å². The average Bonchev–Trinajstić information content (AvgIpc) is 2.56. The van der Waals surface area contributed by atoms with Crippen molar-refractivity contribution in [2.45, 2.75) is 44.4 Å². The summed E-state index contributed by atoms with van der Waals surface area (Å²) in [6.45, 7) is 6.17. The van der Waals surface area contributed by atoms with Crippen LogP contribution in [-0.4, -0.2) is 13.0 Å². The molecule has 0 unspecified atom stereocenters. The largest absolute Gasteiger partial charge is 1.00 e. The monoisotopic (exact) mass is 316 g/mol. The maximum absolute atomic E-state index is 11.6. The van der Waals surface area contributed by atoms with Crippen LogP contribution in [0, 0.1) is 0 Å². The molecule has 0 spiro atoms. The van der Waals surface area contributed by atoms with E-state index in [0.717, 1.165) is 29.5 Å². The van der Waals surface area contributed by atoms with Gasteiger partial charge < -0.3 is 1.43 Å². The SMILES string of the molecule is CCCc1cc(S(=O)(=O)O)c2cc(C(C)C)cccc1-2.[H-].[Na+]. The van der Waals surface area contributed by atoms with Gasteiger partial charge in [-0.2, -0.15) is 8.42 Å². The third kappa shape index (κ3) is 4.08. The van der Waals surface area contributed by atoms with Crippen LogP contribution in [0.2, 0.25) is 0 Å². The van der Waals surface area contributed by atoms with Gasteiger partial charge >= 0.3 is 29.6 Å². The van der Waals surface area contributed by atoms with Gasteiger partial charge in [0, 0.05) is 5.56 Å². The molecule has 0 bridgehead atoms. The van der Waals surface area contributed by atoms with E-state index in [2.05, 4.69) is 20.8 Å². The minimum Gasteiger partial charge on any atom is -1.00 e. The van der Waals surface area contributed by atoms with E-state index in [0.29, 0.717) is 11.5 Å². The van der Waals surface area contributed by atoms with Gasteiger partial charge in [0.2, 0.25) is 0 Å². The first-order chi connectivity index (χ1) is 9.34. The van der Waals surface area contributed by atoms with Crippen molar-refractivity contribution >= 4 is 10.1 Å². The summed E-state index contributed by atoms with van der Waals surface area (Å²) >= 11 is 0. The second kappa shape index (κ2) is 7.25. The number of hydrogen-bond donors (Lipinski definition) is 1. The second-order valence-electron chi connectivity index (χ2n) is 5.41. The van der Waals surface area contributed by atoms with E-state index in [1.807, 2.05) is 24.3 Å². The van der Waals surface area contributed by atoms with Crippen LogP contribution < -0.4 is 29.6 Å². The Hall–Kier alpha value is -0.390. The Morgan fingerprint density at radius 1 is 1.19 bits per heavy atom. The Labute approximate surface area is 150 Å². The summed E-state index contributed by atoms with van der Waals surface area (Å²) in [5.74, 6) is 0.296. The zero-order valence-corrected chi connectivity index (χ0v) is 15.9. The van der Waals surface area contributed by atoms with Crippen molar-refractivity contribution in [1.82, 2.24) is 0 Å². The van der Waals surface area contributed by atoms with Gasteiger partial charge in [-0.15, -0.1) is 0 Å². The molecule has 0 radical (unpaired) electrons. The summed E-state index contributed by atoms with van der Waals surface area (Å²) in [7, 11) is -4.20. The van der Waals surface area contributed by atoms with Gasteiger partial charge in [-0.3, -0.25) is 4.55 Å². The second-order valence-corrected chi connectivity index (χ2v) is 6.80. The van der Waals surface area contributed by atoms with Crippen LogP contribution in [0.25, 0.3) is 11.1 Å². The molecule has 21 heavy (non-hydrogen) atoms. The minimum absolute atomic E-state index is 0. The third-order valence-electron chi connectivity index (χ3n) is 3.53. The predicted octanol–water partition coefficient (Wildman–Crippen LogP) is 1.23. The van der Waals surface area contributed by atoms with Gasteiger partial charge in [0.25, 0.3) is 10.1 Å². The van der Waals surface area contributed by atoms with Crippen molar-refractivity contribution in [1.29, 1.82) is 0 Å². The van der Waals surface area contributed by atoms with E-state index < -0.39 is 10.1 Å². The van der Waals surface area contributed by atoms with Crippen molar-refractivity contribution in [2.75, 3.05) is 0 Å². The molecule has 0 aromatic carbocycles. The molecule has 0 heterocycles. The molecule has 0 amide bonds. The molecule has 0 saturated carbocycles. The Kier molecular flexibility index (Phi) is 6.44. The van der Waals surface area contributed by atoms with Gasteiger partial charge in [-0.25, -0.2) is 0 Å². The van der Waals surface area contributed by atoms with Crippen LogP contribution >= 0.6 is 0 Å². The summed E-state index contributed by atoms with van der Waals surface area (Å²) in [6, 6.07) is 9.36. The smallest absolute Gasteiger partial charge is 1.00 e. The molecule has 110 valence electrons. The Morgan fingerprint density at radius 2 is 1.86 bits per heavy atom. The van der Waals surface area contributed by atoms with E-state index in [1.165, 1.54) is 0 Å². The summed E-state index contributed by atoms with van der Waals surface area (Å²) in [5, 5.41) is 0. The number of hydrogen-bond acceptors (Lipinski definition) is 2. The summed E-state index contributed by atoms with van der Waals surface area (Å²) in [6.07, 6.45) is 1.73. The first-order valence-electron chi connectivity index (χ1n) is 6.87. The zero-order valence-electron chi connectivity index (χ0n) is 14.1. The molecule has 0 aromatic rings. The number of rotatable bonds is 4. The van der Waals surface area contributed by atoms with Crippen molar-refractivity contribution in [3.63, 3.8) is 0 Å². The maximum atomic E-state index is 11.6. The van der Waals surface area contributed by atoms with E-state index in [9.17, 15) is 13.0 Å². The molecule has 2 aliphatic carbocycles. The first kappa shape index (κ1) is 18.7. The van der Waals surface area contributed by atoms with Crippen molar-refractivity contribution in [3.8, 4) is 11.1 Å². The number of aryl methyl sites for hydroxylation is 1. The number of fused-ring (bicyclic) bond motifs is 1. The van der Waals surface area contributed by atoms with Gasteiger partial charge in [0.15, 0.2) is 0 Å². The van der Waals surface area contributed by atoms with Gasteiger partial charge in [-0.1, -0.05) is 45.4 Å². The molecule has 5 heteroatoms. The van der Waals surface area contributed by atoms with Crippen LogP contribution in [0.5, 0.6) is 0 Å². The van der Waals surface area contributed by atoms with Crippen LogP contribution in [0.15, 0.2) is 35.2 Å². The molecule has 1 N–H and O–H groups in total. The van der Waals surface area contributed by atoms with Crippen LogP contribution in [0.4, 0.5) is 0 Å². The minimum atomic E-state index is -4.20. The third-order valence-corrected chi connectivity index (χ3v) is 4.43. The fourth-order valence-corrected chi connectivity index (χ4v) is 3.22. The van der Waals surface area contributed by atoms with Gasteiger partial charge in [-0.05, 0) is 41.2 Å². The van der Waals surface area contributed by atoms with E-state index in [1.54, 1.807) is 6.07 Å². The quantitative estimate of drug-likeness (QED) is 0.682. The fourth-order valence-electron chi connectivity index (χ4n) is 2.48. The van der Waals surface area contributed by atoms with E-state index in [-0.39, 0.29) is 35.9 Å². The normalized spacial score (nSPS) is 11.7. The molecule has 2 aliphatic rings. The van der Waals surface area contributed by atoms with Crippen molar-refractivity contribution in [2.24, 2.45) is 0 Å². The van der Waals surface area contributed by atoms with Gasteiger partial charge in [0.1, 0.15) is 4.90 Å². The van der Waals surface area contributed by atoms with Crippen LogP contribution in [-0.2, 0) is 16.5 Å². The fraction of sp³-hybridized carbons (Fsp3) is 0.375. The first-order valence-corrected chi connectivity index (χ1v) is 8.31. The topological polar surface area (TPSA) is 54.4 Å². The van der Waals surface area contributed by atoms with Crippen LogP contribution in [0.3, 0.4) is 0 Å². The molecular formula is C16H21NaO3S. The molecule has 0 saturated heterocycles. The predicted molar refractivity (Wildman–Crippen MR) is 82.1 cm³/mol. The molecule has 0 aromatic heterocycles. The Bertz CT molecular complexity index is 699. The molecule has 0 atom stereocenters. The Morgan fingerprint density at radius 3 is 2.38 bits per heavy atom. The molecular weight excluding hydrogens is 295 g/mol. The maximum Gasteiger partial charge on any atom is 1.00 e.